The lowest BCUT2D eigenvalue weighted by Crippen LogP contribution is -2.50. The molecule has 0 saturated heterocycles. The smallest absolute Gasteiger partial charge is 0.0577 e. The van der Waals surface area contributed by atoms with Gasteiger partial charge in [0.05, 0.1) is 6.10 Å². The summed E-state index contributed by atoms with van der Waals surface area (Å²) in [5.41, 5.74) is 4.13. The number of hydrogen-bond acceptors (Lipinski definition) is 1. The zero-order valence-electron chi connectivity index (χ0n) is 21.6. The molecule has 0 amide bonds. The van der Waals surface area contributed by atoms with Crippen molar-refractivity contribution in [2.75, 3.05) is 0 Å². The lowest BCUT2D eigenvalue weighted by molar-refractivity contribution is -0.0565. The van der Waals surface area contributed by atoms with Crippen LogP contribution in [0.25, 0.3) is 0 Å². The summed E-state index contributed by atoms with van der Waals surface area (Å²) >= 11 is 0. The van der Waals surface area contributed by atoms with Gasteiger partial charge in [-0.15, -0.1) is 0 Å². The predicted molar refractivity (Wildman–Crippen MR) is 133 cm³/mol. The Morgan fingerprint density at radius 1 is 1.06 bits per heavy atom. The van der Waals surface area contributed by atoms with Gasteiger partial charge in [-0.2, -0.15) is 0 Å². The molecular weight excluding hydrogens is 376 g/mol. The zero-order valence-corrected chi connectivity index (χ0v) is 21.6. The van der Waals surface area contributed by atoms with E-state index in [-0.39, 0.29) is 6.10 Å². The maximum Gasteiger partial charge on any atom is 0.0577 e. The summed E-state index contributed by atoms with van der Waals surface area (Å²) < 4.78 is 0. The minimum atomic E-state index is -0.0867. The van der Waals surface area contributed by atoms with Gasteiger partial charge >= 0.3 is 0 Å². The zero-order chi connectivity index (χ0) is 22.6. The van der Waals surface area contributed by atoms with Crippen LogP contribution >= 0.6 is 0 Å². The third-order valence-electron chi connectivity index (χ3n) is 11.4. The first kappa shape index (κ1) is 23.6. The number of aliphatic hydroxyl groups is 1. The third kappa shape index (κ3) is 4.00. The molecule has 4 rings (SSSR count). The SMILES string of the molecule is C/C(=C\C[C@@H](C)[C@H]1CC[C@H]2[C@@H]3CC=C4C[C@@H](O)CC[C@]4(C)[C@H]3CC[C@]12C)C(C)C(C)C. The molecule has 0 heterocycles. The first-order valence-corrected chi connectivity index (χ1v) is 13.6. The molecule has 1 unspecified atom stereocenters. The minimum Gasteiger partial charge on any atom is -0.393 e. The van der Waals surface area contributed by atoms with E-state index in [4.69, 9.17) is 0 Å². The van der Waals surface area contributed by atoms with Crippen molar-refractivity contribution >= 4 is 0 Å². The van der Waals surface area contributed by atoms with E-state index in [1.165, 1.54) is 44.9 Å². The third-order valence-corrected chi connectivity index (χ3v) is 11.4. The van der Waals surface area contributed by atoms with Crippen molar-refractivity contribution in [3.05, 3.63) is 23.3 Å². The van der Waals surface area contributed by atoms with Gasteiger partial charge in [0, 0.05) is 0 Å². The Hall–Kier alpha value is -0.560. The second-order valence-corrected chi connectivity index (χ2v) is 13.1. The molecule has 0 bridgehead atoms. The molecule has 1 heteroatoms. The Labute approximate surface area is 193 Å². The summed E-state index contributed by atoms with van der Waals surface area (Å²) in [7, 11) is 0. The van der Waals surface area contributed by atoms with Crippen molar-refractivity contribution in [3.63, 3.8) is 0 Å². The van der Waals surface area contributed by atoms with Crippen LogP contribution in [-0.2, 0) is 0 Å². The highest BCUT2D eigenvalue weighted by atomic mass is 16.3. The van der Waals surface area contributed by atoms with Crippen LogP contribution in [0.4, 0.5) is 0 Å². The standard InChI is InChI=1S/C30H50O/c1-19(2)22(5)20(3)8-9-21(4)26-12-13-27-25-11-10-23-18-24(31)14-16-29(23,6)28(25)15-17-30(26,27)7/h8,10,19,21-22,24-28,31H,9,11-18H2,1-7H3/b20-8+/t21-,22?,24+,25+,26-,27+,28+,29+,30-/m1/s1. The highest BCUT2D eigenvalue weighted by molar-refractivity contribution is 5.25. The second kappa shape index (κ2) is 8.66. The topological polar surface area (TPSA) is 20.2 Å². The number of aliphatic hydroxyl groups excluding tert-OH is 1. The van der Waals surface area contributed by atoms with Crippen LogP contribution < -0.4 is 0 Å². The quantitative estimate of drug-likeness (QED) is 0.439. The maximum atomic E-state index is 10.3. The molecule has 3 fully saturated rings. The van der Waals surface area contributed by atoms with Crippen LogP contribution in [0.2, 0.25) is 0 Å². The molecule has 4 aliphatic carbocycles. The fourth-order valence-electron chi connectivity index (χ4n) is 8.86. The average molecular weight is 427 g/mol. The molecular formula is C30H50O. The fourth-order valence-corrected chi connectivity index (χ4v) is 8.86. The molecule has 1 N–H and O–H groups in total. The summed E-state index contributed by atoms with van der Waals surface area (Å²) in [6.07, 6.45) is 16.6. The van der Waals surface area contributed by atoms with Crippen molar-refractivity contribution in [3.8, 4) is 0 Å². The minimum absolute atomic E-state index is 0.0867. The van der Waals surface area contributed by atoms with Gasteiger partial charge in [0.2, 0.25) is 0 Å². The van der Waals surface area contributed by atoms with E-state index in [0.717, 1.165) is 48.3 Å². The summed E-state index contributed by atoms with van der Waals surface area (Å²) in [5, 5.41) is 10.3. The Morgan fingerprint density at radius 3 is 2.52 bits per heavy atom. The molecule has 176 valence electrons. The summed E-state index contributed by atoms with van der Waals surface area (Å²) in [5.74, 6) is 5.80. The van der Waals surface area contributed by atoms with Crippen LogP contribution in [0.3, 0.4) is 0 Å². The summed E-state index contributed by atoms with van der Waals surface area (Å²) in [6.45, 7) is 17.2. The first-order valence-electron chi connectivity index (χ1n) is 13.6. The number of allylic oxidation sites excluding steroid dienone is 3. The number of rotatable bonds is 5. The van der Waals surface area contributed by atoms with Crippen molar-refractivity contribution in [1.82, 2.24) is 0 Å². The van der Waals surface area contributed by atoms with Crippen LogP contribution in [0.1, 0.15) is 106 Å². The Bertz CT molecular complexity index is 716. The predicted octanol–water partition coefficient (Wildman–Crippen LogP) is 8.19. The molecule has 9 atom stereocenters. The van der Waals surface area contributed by atoms with Gasteiger partial charge in [-0.3, -0.25) is 0 Å². The van der Waals surface area contributed by atoms with E-state index in [2.05, 4.69) is 60.6 Å². The van der Waals surface area contributed by atoms with Gasteiger partial charge in [-0.05, 0) is 117 Å². The van der Waals surface area contributed by atoms with Gasteiger partial charge in [0.1, 0.15) is 0 Å². The monoisotopic (exact) mass is 426 g/mol. The molecule has 0 radical (unpaired) electrons. The fraction of sp³-hybridized carbons (Fsp3) is 0.867. The van der Waals surface area contributed by atoms with E-state index in [9.17, 15) is 5.11 Å². The summed E-state index contributed by atoms with van der Waals surface area (Å²) in [6, 6.07) is 0. The Balaban J connectivity index is 1.49. The van der Waals surface area contributed by atoms with Gasteiger partial charge < -0.3 is 5.11 Å². The second-order valence-electron chi connectivity index (χ2n) is 13.1. The Morgan fingerprint density at radius 2 is 1.81 bits per heavy atom. The highest BCUT2D eigenvalue weighted by Gasteiger charge is 2.59. The lowest BCUT2D eigenvalue weighted by Gasteiger charge is -2.58. The average Bonchev–Trinajstić information content (AvgIpc) is 3.09. The normalized spacial score (nSPS) is 44.9. The van der Waals surface area contributed by atoms with E-state index in [1.807, 2.05) is 0 Å². The van der Waals surface area contributed by atoms with Crippen LogP contribution in [0.5, 0.6) is 0 Å². The van der Waals surface area contributed by atoms with Gasteiger partial charge in [0.15, 0.2) is 0 Å². The molecule has 0 aromatic heterocycles. The molecule has 0 aliphatic heterocycles. The van der Waals surface area contributed by atoms with E-state index in [0.29, 0.717) is 16.7 Å². The van der Waals surface area contributed by atoms with Gasteiger partial charge in [-0.1, -0.05) is 64.8 Å². The van der Waals surface area contributed by atoms with Crippen LogP contribution in [0, 0.1) is 52.3 Å². The first-order chi connectivity index (χ1) is 14.6. The van der Waals surface area contributed by atoms with Gasteiger partial charge in [-0.25, -0.2) is 0 Å². The van der Waals surface area contributed by atoms with Crippen molar-refractivity contribution in [1.29, 1.82) is 0 Å². The molecule has 3 saturated carbocycles. The maximum absolute atomic E-state index is 10.3. The van der Waals surface area contributed by atoms with Crippen LogP contribution in [-0.4, -0.2) is 11.2 Å². The largest absolute Gasteiger partial charge is 0.393 e. The van der Waals surface area contributed by atoms with Gasteiger partial charge in [0.25, 0.3) is 0 Å². The molecule has 0 aromatic rings. The molecule has 31 heavy (non-hydrogen) atoms. The Kier molecular flexibility index (Phi) is 6.59. The van der Waals surface area contributed by atoms with Crippen molar-refractivity contribution < 1.29 is 5.11 Å². The van der Waals surface area contributed by atoms with E-state index in [1.54, 1.807) is 11.1 Å². The van der Waals surface area contributed by atoms with Crippen molar-refractivity contribution in [2.24, 2.45) is 52.3 Å². The molecule has 0 aromatic carbocycles. The highest BCUT2D eigenvalue weighted by Crippen LogP contribution is 2.67. The molecule has 0 spiro atoms. The van der Waals surface area contributed by atoms with E-state index >= 15 is 0 Å². The molecule has 1 nitrogen and oxygen atoms in total. The summed E-state index contributed by atoms with van der Waals surface area (Å²) in [4.78, 5) is 0. The van der Waals surface area contributed by atoms with Crippen LogP contribution in [0.15, 0.2) is 23.3 Å². The van der Waals surface area contributed by atoms with E-state index < -0.39 is 0 Å². The van der Waals surface area contributed by atoms with Crippen molar-refractivity contribution in [2.45, 2.75) is 112 Å². The molecule has 4 aliphatic rings. The number of fused-ring (bicyclic) bond motifs is 5. The number of hydrogen-bond donors (Lipinski definition) is 1. The lowest BCUT2D eigenvalue weighted by atomic mass is 9.47.